The van der Waals surface area contributed by atoms with Crippen LogP contribution in [-0.4, -0.2) is 19.7 Å². The van der Waals surface area contributed by atoms with E-state index in [1.165, 1.54) is 12.1 Å². The van der Waals surface area contributed by atoms with Gasteiger partial charge in [0.1, 0.15) is 11.3 Å². The fourth-order valence-corrected chi connectivity index (χ4v) is 2.05. The number of aromatic nitrogens is 4. The van der Waals surface area contributed by atoms with E-state index in [-0.39, 0.29) is 5.82 Å². The van der Waals surface area contributed by atoms with E-state index in [2.05, 4.69) is 31.0 Å². The van der Waals surface area contributed by atoms with Crippen molar-refractivity contribution in [1.82, 2.24) is 19.7 Å². The monoisotopic (exact) mass is 280 g/mol. The molecule has 1 N–H and O–H groups in total. The van der Waals surface area contributed by atoms with Gasteiger partial charge in [0.2, 0.25) is 5.95 Å². The summed E-state index contributed by atoms with van der Waals surface area (Å²) in [6.07, 6.45) is 3.42. The lowest BCUT2D eigenvalue weighted by Crippen LogP contribution is -1.95. The van der Waals surface area contributed by atoms with Crippen LogP contribution in [0.5, 0.6) is 0 Å². The molecule has 0 saturated heterocycles. The molecule has 0 fully saturated rings. The molecule has 0 bridgehead atoms. The van der Waals surface area contributed by atoms with Crippen LogP contribution in [0.15, 0.2) is 35.1 Å². The Balaban J connectivity index is 2.27. The van der Waals surface area contributed by atoms with E-state index in [9.17, 15) is 4.39 Å². The molecule has 0 spiro atoms. The van der Waals surface area contributed by atoms with Crippen LogP contribution in [0.2, 0.25) is 0 Å². The fourth-order valence-electron chi connectivity index (χ4n) is 1.53. The number of benzene rings is 1. The van der Waals surface area contributed by atoms with Crippen molar-refractivity contribution in [3.05, 3.63) is 40.9 Å². The molecule has 0 radical (unpaired) electrons. The normalized spacial score (nSPS) is 11.1. The number of rotatable bonds is 1. The first-order valence-electron chi connectivity index (χ1n) is 4.59. The SMILES string of the molecule is Fc1cc(Br)c2nc(-n3cccn3)[nH]c2c1. The Morgan fingerprint density at radius 2 is 2.25 bits per heavy atom. The van der Waals surface area contributed by atoms with Crippen LogP contribution in [0.3, 0.4) is 0 Å². The standard InChI is InChI=1S/C10H6BrFN4/c11-7-4-6(12)5-8-9(7)15-10(14-8)16-3-1-2-13-16/h1-5H,(H,14,15). The Morgan fingerprint density at radius 3 is 3.00 bits per heavy atom. The van der Waals surface area contributed by atoms with Crippen molar-refractivity contribution in [1.29, 1.82) is 0 Å². The maximum absolute atomic E-state index is 13.1. The van der Waals surface area contributed by atoms with Crippen molar-refractivity contribution in [2.45, 2.75) is 0 Å². The van der Waals surface area contributed by atoms with Gasteiger partial charge in [0.25, 0.3) is 0 Å². The number of hydrogen-bond acceptors (Lipinski definition) is 2. The lowest BCUT2D eigenvalue weighted by Gasteiger charge is -1.91. The van der Waals surface area contributed by atoms with Crippen molar-refractivity contribution in [2.24, 2.45) is 0 Å². The Morgan fingerprint density at radius 1 is 1.38 bits per heavy atom. The molecule has 0 saturated carbocycles. The highest BCUT2D eigenvalue weighted by Gasteiger charge is 2.09. The van der Waals surface area contributed by atoms with Crippen LogP contribution >= 0.6 is 15.9 Å². The van der Waals surface area contributed by atoms with Crippen molar-refractivity contribution in [3.63, 3.8) is 0 Å². The van der Waals surface area contributed by atoms with E-state index in [1.807, 2.05) is 0 Å². The first kappa shape index (κ1) is 9.53. The highest BCUT2D eigenvalue weighted by Crippen LogP contribution is 2.24. The first-order chi connectivity index (χ1) is 7.74. The van der Waals surface area contributed by atoms with E-state index in [1.54, 1.807) is 23.1 Å². The predicted molar refractivity (Wildman–Crippen MR) is 60.9 cm³/mol. The quantitative estimate of drug-likeness (QED) is 0.745. The summed E-state index contributed by atoms with van der Waals surface area (Å²) in [4.78, 5) is 7.33. The molecular weight excluding hydrogens is 275 g/mol. The van der Waals surface area contributed by atoms with E-state index in [4.69, 9.17) is 0 Å². The minimum atomic E-state index is -0.310. The van der Waals surface area contributed by atoms with Gasteiger partial charge < -0.3 is 4.98 Å². The Bertz CT molecular complexity index is 644. The fraction of sp³-hybridized carbons (Fsp3) is 0. The second-order valence-electron chi connectivity index (χ2n) is 3.29. The summed E-state index contributed by atoms with van der Waals surface area (Å²) in [5, 5.41) is 4.05. The van der Waals surface area contributed by atoms with Gasteiger partial charge in [-0.05, 0) is 34.1 Å². The topological polar surface area (TPSA) is 46.5 Å². The summed E-state index contributed by atoms with van der Waals surface area (Å²) in [5.74, 6) is 0.251. The molecule has 0 amide bonds. The molecule has 0 unspecified atom stereocenters. The van der Waals surface area contributed by atoms with Gasteiger partial charge in [-0.15, -0.1) is 0 Å². The van der Waals surface area contributed by atoms with Gasteiger partial charge in [-0.3, -0.25) is 0 Å². The zero-order chi connectivity index (χ0) is 11.1. The lowest BCUT2D eigenvalue weighted by atomic mass is 10.3. The number of fused-ring (bicyclic) bond motifs is 1. The second-order valence-corrected chi connectivity index (χ2v) is 4.15. The second kappa shape index (κ2) is 3.41. The van der Waals surface area contributed by atoms with Gasteiger partial charge >= 0.3 is 0 Å². The molecular formula is C10H6BrFN4. The third kappa shape index (κ3) is 1.42. The van der Waals surface area contributed by atoms with Gasteiger partial charge in [-0.1, -0.05) is 0 Å². The van der Waals surface area contributed by atoms with Gasteiger partial charge in [-0.2, -0.15) is 5.10 Å². The smallest absolute Gasteiger partial charge is 0.229 e. The predicted octanol–water partition coefficient (Wildman–Crippen LogP) is 2.65. The molecule has 0 aliphatic heterocycles. The number of imidazole rings is 1. The molecule has 2 aromatic heterocycles. The zero-order valence-electron chi connectivity index (χ0n) is 7.98. The van der Waals surface area contributed by atoms with E-state index < -0.39 is 0 Å². The Hall–Kier alpha value is -1.69. The average Bonchev–Trinajstić information content (AvgIpc) is 2.82. The lowest BCUT2D eigenvalue weighted by molar-refractivity contribution is 0.628. The van der Waals surface area contributed by atoms with Crippen molar-refractivity contribution in [2.75, 3.05) is 0 Å². The summed E-state index contributed by atoms with van der Waals surface area (Å²) < 4.78 is 15.4. The van der Waals surface area contributed by atoms with Crippen molar-refractivity contribution >= 4 is 27.0 Å². The molecule has 6 heteroatoms. The largest absolute Gasteiger partial charge is 0.322 e. The van der Waals surface area contributed by atoms with E-state index in [0.29, 0.717) is 21.5 Å². The third-order valence-corrected chi connectivity index (χ3v) is 2.82. The minimum Gasteiger partial charge on any atom is -0.322 e. The highest BCUT2D eigenvalue weighted by molar-refractivity contribution is 9.10. The average molecular weight is 281 g/mol. The van der Waals surface area contributed by atoms with Crippen LogP contribution in [0.1, 0.15) is 0 Å². The summed E-state index contributed by atoms with van der Waals surface area (Å²) in [6.45, 7) is 0. The molecule has 16 heavy (non-hydrogen) atoms. The van der Waals surface area contributed by atoms with Crippen molar-refractivity contribution < 1.29 is 4.39 Å². The summed E-state index contributed by atoms with van der Waals surface area (Å²) in [6, 6.07) is 4.58. The van der Waals surface area contributed by atoms with Crippen LogP contribution in [0.4, 0.5) is 4.39 Å². The summed E-state index contributed by atoms with van der Waals surface area (Å²) in [7, 11) is 0. The van der Waals surface area contributed by atoms with Crippen LogP contribution < -0.4 is 0 Å². The third-order valence-electron chi connectivity index (χ3n) is 2.21. The molecule has 4 nitrogen and oxygen atoms in total. The molecule has 1 aromatic carbocycles. The molecule has 0 atom stereocenters. The molecule has 2 heterocycles. The van der Waals surface area contributed by atoms with Crippen molar-refractivity contribution in [3.8, 4) is 5.95 Å². The van der Waals surface area contributed by atoms with Gasteiger partial charge in [0.15, 0.2) is 0 Å². The number of halogens is 2. The van der Waals surface area contributed by atoms with Gasteiger partial charge in [0, 0.05) is 16.9 Å². The van der Waals surface area contributed by atoms with Gasteiger partial charge in [0.05, 0.1) is 5.52 Å². The van der Waals surface area contributed by atoms with Crippen LogP contribution in [0.25, 0.3) is 17.0 Å². The first-order valence-corrected chi connectivity index (χ1v) is 5.38. The number of nitrogens with one attached hydrogen (secondary N) is 1. The van der Waals surface area contributed by atoms with E-state index in [0.717, 1.165) is 0 Å². The summed E-state index contributed by atoms with van der Waals surface area (Å²) in [5.41, 5.74) is 1.32. The maximum Gasteiger partial charge on any atom is 0.229 e. The number of nitrogens with zero attached hydrogens (tertiary/aromatic N) is 3. The van der Waals surface area contributed by atoms with E-state index >= 15 is 0 Å². The maximum atomic E-state index is 13.1. The minimum absolute atomic E-state index is 0.310. The molecule has 80 valence electrons. The molecule has 0 aliphatic rings. The Kier molecular flexibility index (Phi) is 2.03. The van der Waals surface area contributed by atoms with Crippen LogP contribution in [-0.2, 0) is 0 Å². The molecule has 3 rings (SSSR count). The van der Waals surface area contributed by atoms with Crippen LogP contribution in [0, 0.1) is 5.82 Å². The molecule has 0 aliphatic carbocycles. The summed E-state index contributed by atoms with van der Waals surface area (Å²) >= 11 is 3.27. The zero-order valence-corrected chi connectivity index (χ0v) is 9.57. The molecule has 3 aromatic rings. The highest BCUT2D eigenvalue weighted by atomic mass is 79.9. The van der Waals surface area contributed by atoms with Gasteiger partial charge in [-0.25, -0.2) is 14.1 Å². The number of H-pyrrole nitrogens is 1. The number of hydrogen-bond donors (Lipinski definition) is 1. The Labute approximate surface area is 98.2 Å². The number of aromatic amines is 1.